The van der Waals surface area contributed by atoms with E-state index in [4.69, 9.17) is 4.74 Å². The van der Waals surface area contributed by atoms with E-state index in [0.717, 1.165) is 53.8 Å². The number of β-amino-alcohol motifs (C(OH)–C–C–N with tert-alkyl or cyclic N) is 1. The zero-order valence-corrected chi connectivity index (χ0v) is 18.0. The molecule has 0 aliphatic carbocycles. The summed E-state index contributed by atoms with van der Waals surface area (Å²) in [5.74, 6) is 0.378. The number of piperidine rings is 1. The maximum atomic E-state index is 13.5. The van der Waals surface area contributed by atoms with Crippen molar-refractivity contribution in [1.82, 2.24) is 19.4 Å². The van der Waals surface area contributed by atoms with Gasteiger partial charge in [-0.25, -0.2) is 9.18 Å². The van der Waals surface area contributed by atoms with E-state index in [1.54, 1.807) is 10.6 Å². The normalized spacial score (nSPS) is 16.7. The molecule has 1 fully saturated rings. The van der Waals surface area contributed by atoms with E-state index in [9.17, 15) is 14.3 Å². The van der Waals surface area contributed by atoms with Crippen LogP contribution in [-0.4, -0.2) is 56.9 Å². The number of hydrogen-bond donors (Lipinski definition) is 3. The lowest BCUT2D eigenvalue weighted by Gasteiger charge is -2.33. The molecule has 0 amide bonds. The van der Waals surface area contributed by atoms with Gasteiger partial charge in [0, 0.05) is 36.8 Å². The number of hydrogen-bond acceptors (Lipinski definition) is 4. The standard InChI is InChI=1S/C24H27FN4O3/c1-15-11-16-3-2-4-22(23(16)26-15)32-14-19(30)13-28-9-7-18(8-10-28)29-21-6-5-17(25)12-20(21)27-24(29)31/h2-6,11-12,18-19,26,30H,7-10,13-14H2,1H3,(H,27,31)/t19-/m1/s1. The maximum absolute atomic E-state index is 13.5. The number of nitrogens with zero attached hydrogens (tertiary/aromatic N) is 2. The van der Waals surface area contributed by atoms with Gasteiger partial charge in [0.2, 0.25) is 0 Å². The summed E-state index contributed by atoms with van der Waals surface area (Å²) in [6, 6.07) is 12.4. The number of aliphatic hydroxyl groups excluding tert-OH is 1. The first-order chi connectivity index (χ1) is 15.5. The number of imidazole rings is 1. The summed E-state index contributed by atoms with van der Waals surface area (Å²) in [6.45, 7) is 4.27. The summed E-state index contributed by atoms with van der Waals surface area (Å²) in [5, 5.41) is 11.6. The minimum Gasteiger partial charge on any atom is -0.489 e. The fourth-order valence-corrected chi connectivity index (χ4v) is 4.75. The Hall–Kier alpha value is -3.10. The van der Waals surface area contributed by atoms with E-state index in [1.807, 2.05) is 25.1 Å². The molecule has 8 heteroatoms. The summed E-state index contributed by atoms with van der Waals surface area (Å²) in [6.07, 6.45) is 0.967. The van der Waals surface area contributed by atoms with Crippen LogP contribution in [0.5, 0.6) is 5.75 Å². The van der Waals surface area contributed by atoms with Crippen LogP contribution in [0.15, 0.2) is 47.3 Å². The Balaban J connectivity index is 1.17. The first-order valence-electron chi connectivity index (χ1n) is 11.0. The van der Waals surface area contributed by atoms with E-state index in [0.29, 0.717) is 12.1 Å². The van der Waals surface area contributed by atoms with Crippen molar-refractivity contribution in [3.05, 3.63) is 64.5 Å². The fourth-order valence-electron chi connectivity index (χ4n) is 4.75. The number of nitrogens with one attached hydrogen (secondary N) is 2. The van der Waals surface area contributed by atoms with E-state index in [1.165, 1.54) is 12.1 Å². The SMILES string of the molecule is Cc1cc2cccc(OC[C@H](O)CN3CCC(n4c(=O)[nH]c5cc(F)ccc54)CC3)c2[nH]1. The second-order valence-electron chi connectivity index (χ2n) is 8.63. The third kappa shape index (κ3) is 4.03. The number of halogens is 1. The van der Waals surface area contributed by atoms with E-state index < -0.39 is 6.10 Å². The molecule has 1 atom stereocenters. The third-order valence-corrected chi connectivity index (χ3v) is 6.25. The molecule has 1 aliphatic heterocycles. The molecule has 0 bridgehead atoms. The van der Waals surface area contributed by atoms with Gasteiger partial charge in [-0.15, -0.1) is 0 Å². The van der Waals surface area contributed by atoms with Crippen LogP contribution in [0, 0.1) is 12.7 Å². The molecule has 0 saturated carbocycles. The quantitative estimate of drug-likeness (QED) is 0.431. The summed E-state index contributed by atoms with van der Waals surface area (Å²) in [4.78, 5) is 20.7. The van der Waals surface area contributed by atoms with Crippen LogP contribution in [0.1, 0.15) is 24.6 Å². The molecule has 0 unspecified atom stereocenters. The highest BCUT2D eigenvalue weighted by atomic mass is 19.1. The highest BCUT2D eigenvalue weighted by molar-refractivity contribution is 5.86. The zero-order chi connectivity index (χ0) is 22.2. The molecule has 2 aromatic carbocycles. The number of benzene rings is 2. The Morgan fingerprint density at radius 1 is 1.19 bits per heavy atom. The molecule has 168 valence electrons. The molecule has 3 heterocycles. The maximum Gasteiger partial charge on any atom is 0.326 e. The summed E-state index contributed by atoms with van der Waals surface area (Å²) in [7, 11) is 0. The third-order valence-electron chi connectivity index (χ3n) is 6.25. The van der Waals surface area contributed by atoms with Crippen LogP contribution >= 0.6 is 0 Å². The summed E-state index contributed by atoms with van der Waals surface area (Å²) >= 11 is 0. The van der Waals surface area contributed by atoms with Crippen molar-refractivity contribution < 1.29 is 14.2 Å². The van der Waals surface area contributed by atoms with Crippen LogP contribution in [0.2, 0.25) is 0 Å². The number of ether oxygens (including phenoxy) is 1. The van der Waals surface area contributed by atoms with Gasteiger partial charge in [-0.3, -0.25) is 4.57 Å². The van der Waals surface area contributed by atoms with Gasteiger partial charge in [-0.05, 0) is 50.1 Å². The number of aromatic amines is 2. The minimum absolute atomic E-state index is 0.0556. The smallest absolute Gasteiger partial charge is 0.326 e. The molecule has 3 N–H and O–H groups in total. The Morgan fingerprint density at radius 2 is 2.00 bits per heavy atom. The van der Waals surface area contributed by atoms with E-state index >= 15 is 0 Å². The predicted octanol–water partition coefficient (Wildman–Crippen LogP) is 3.34. The molecule has 4 aromatic rings. The Bertz CT molecular complexity index is 1300. The fraction of sp³-hybridized carbons (Fsp3) is 0.375. The van der Waals surface area contributed by atoms with E-state index in [2.05, 4.69) is 20.9 Å². The molecule has 0 radical (unpaired) electrons. The van der Waals surface area contributed by atoms with Gasteiger partial charge >= 0.3 is 5.69 Å². The molecular formula is C24H27FN4O3. The topological polar surface area (TPSA) is 86.3 Å². The van der Waals surface area contributed by atoms with Crippen LogP contribution in [-0.2, 0) is 0 Å². The first kappa shape index (κ1) is 20.8. The van der Waals surface area contributed by atoms with Crippen LogP contribution in [0.25, 0.3) is 21.9 Å². The van der Waals surface area contributed by atoms with Crippen molar-refractivity contribution in [2.75, 3.05) is 26.2 Å². The lowest BCUT2D eigenvalue weighted by atomic mass is 10.0. The van der Waals surface area contributed by atoms with Crippen molar-refractivity contribution >= 4 is 21.9 Å². The largest absolute Gasteiger partial charge is 0.489 e. The number of aliphatic hydroxyl groups is 1. The Kier molecular flexibility index (Phi) is 5.48. The number of para-hydroxylation sites is 1. The number of aryl methyl sites for hydroxylation is 1. The van der Waals surface area contributed by atoms with Crippen molar-refractivity contribution in [3.63, 3.8) is 0 Å². The molecule has 7 nitrogen and oxygen atoms in total. The van der Waals surface area contributed by atoms with Crippen LogP contribution in [0.3, 0.4) is 0 Å². The molecule has 1 saturated heterocycles. The average molecular weight is 439 g/mol. The molecule has 2 aromatic heterocycles. The van der Waals surface area contributed by atoms with Crippen molar-refractivity contribution in [2.24, 2.45) is 0 Å². The molecule has 0 spiro atoms. The van der Waals surface area contributed by atoms with Crippen molar-refractivity contribution in [1.29, 1.82) is 0 Å². The van der Waals surface area contributed by atoms with Gasteiger partial charge in [-0.1, -0.05) is 12.1 Å². The molecular weight excluding hydrogens is 411 g/mol. The summed E-state index contributed by atoms with van der Waals surface area (Å²) in [5.41, 5.74) is 3.07. The Labute approximate surface area is 184 Å². The van der Waals surface area contributed by atoms with Crippen molar-refractivity contribution in [2.45, 2.75) is 31.9 Å². The van der Waals surface area contributed by atoms with Gasteiger partial charge < -0.3 is 24.7 Å². The van der Waals surface area contributed by atoms with Gasteiger partial charge in [0.25, 0.3) is 0 Å². The number of fused-ring (bicyclic) bond motifs is 2. The monoisotopic (exact) mass is 438 g/mol. The van der Waals surface area contributed by atoms with Gasteiger partial charge in [0.15, 0.2) is 0 Å². The molecule has 32 heavy (non-hydrogen) atoms. The van der Waals surface area contributed by atoms with Gasteiger partial charge in [0.05, 0.1) is 16.6 Å². The Morgan fingerprint density at radius 3 is 2.81 bits per heavy atom. The molecule has 5 rings (SSSR count). The zero-order valence-electron chi connectivity index (χ0n) is 18.0. The predicted molar refractivity (Wildman–Crippen MR) is 122 cm³/mol. The number of H-pyrrole nitrogens is 2. The highest BCUT2D eigenvalue weighted by Crippen LogP contribution is 2.27. The second kappa shape index (κ2) is 8.44. The van der Waals surface area contributed by atoms with E-state index in [-0.39, 0.29) is 24.2 Å². The number of rotatable bonds is 6. The van der Waals surface area contributed by atoms with Crippen LogP contribution in [0.4, 0.5) is 4.39 Å². The number of likely N-dealkylation sites (tertiary alicyclic amines) is 1. The van der Waals surface area contributed by atoms with Crippen molar-refractivity contribution in [3.8, 4) is 5.75 Å². The highest BCUT2D eigenvalue weighted by Gasteiger charge is 2.25. The second-order valence-corrected chi connectivity index (χ2v) is 8.63. The number of aromatic nitrogens is 3. The minimum atomic E-state index is -0.614. The first-order valence-corrected chi connectivity index (χ1v) is 11.0. The summed E-state index contributed by atoms with van der Waals surface area (Å²) < 4.78 is 21.1. The lowest BCUT2D eigenvalue weighted by molar-refractivity contribution is 0.0563. The van der Waals surface area contributed by atoms with Gasteiger partial charge in [-0.2, -0.15) is 0 Å². The lowest BCUT2D eigenvalue weighted by Crippen LogP contribution is -2.42. The average Bonchev–Trinajstić information content (AvgIpc) is 3.30. The van der Waals surface area contributed by atoms with Gasteiger partial charge in [0.1, 0.15) is 24.3 Å². The van der Waals surface area contributed by atoms with Crippen LogP contribution < -0.4 is 10.4 Å². The molecule has 1 aliphatic rings.